The second kappa shape index (κ2) is 7.31. The Kier molecular flexibility index (Phi) is 4.87. The number of aryl methyl sites for hydroxylation is 1. The summed E-state index contributed by atoms with van der Waals surface area (Å²) in [6, 6.07) is 18.6. The van der Waals surface area contributed by atoms with E-state index in [1.807, 2.05) is 30.3 Å². The highest BCUT2D eigenvalue weighted by molar-refractivity contribution is 7.21. The van der Waals surface area contributed by atoms with Gasteiger partial charge < -0.3 is 5.32 Å². The lowest BCUT2D eigenvalue weighted by Crippen LogP contribution is -2.11. The molecule has 0 atom stereocenters. The lowest BCUT2D eigenvalue weighted by atomic mass is 10.2. The first kappa shape index (κ1) is 18.0. The minimum atomic E-state index is -0.261. The monoisotopic (exact) mass is 412 g/mol. The Hall–Kier alpha value is -2.40. The van der Waals surface area contributed by atoms with Gasteiger partial charge in [-0.1, -0.05) is 29.3 Å². The van der Waals surface area contributed by atoms with Crippen molar-refractivity contribution in [1.82, 2.24) is 4.98 Å². The number of hydrogen-bond acceptors (Lipinski definition) is 3. The molecule has 4 aromatic rings. The maximum Gasteiger partial charge on any atom is 0.255 e. The number of carbonyl (C=O) groups excluding carboxylic acids is 1. The van der Waals surface area contributed by atoms with Crippen molar-refractivity contribution in [1.29, 1.82) is 0 Å². The largest absolute Gasteiger partial charge is 0.322 e. The SMILES string of the molecule is Cc1ccc2nc(-c3ccc(NC(=O)c4cc(Cl)cc(Cl)c4)cc3)sc2c1. The fourth-order valence-corrected chi connectivity index (χ4v) is 4.33. The van der Waals surface area contributed by atoms with Crippen molar-refractivity contribution in [3.05, 3.63) is 81.8 Å². The van der Waals surface area contributed by atoms with Gasteiger partial charge in [0.15, 0.2) is 0 Å². The molecule has 1 N–H and O–H groups in total. The predicted octanol–water partition coefficient (Wildman–Crippen LogP) is 6.83. The molecule has 6 heteroatoms. The lowest BCUT2D eigenvalue weighted by molar-refractivity contribution is 0.102. The van der Waals surface area contributed by atoms with Gasteiger partial charge in [0.05, 0.1) is 10.2 Å². The molecule has 0 aliphatic rings. The first-order valence-electron chi connectivity index (χ1n) is 8.23. The van der Waals surface area contributed by atoms with Crippen LogP contribution < -0.4 is 5.32 Å². The summed E-state index contributed by atoms with van der Waals surface area (Å²) in [6.07, 6.45) is 0. The van der Waals surface area contributed by atoms with Crippen molar-refractivity contribution in [2.45, 2.75) is 6.92 Å². The minimum Gasteiger partial charge on any atom is -0.322 e. The summed E-state index contributed by atoms with van der Waals surface area (Å²) in [6.45, 7) is 2.07. The topological polar surface area (TPSA) is 42.0 Å². The zero-order valence-corrected chi connectivity index (χ0v) is 16.6. The molecule has 1 amide bonds. The number of rotatable bonds is 3. The van der Waals surface area contributed by atoms with Crippen LogP contribution in [0.15, 0.2) is 60.7 Å². The normalized spacial score (nSPS) is 10.9. The molecule has 27 heavy (non-hydrogen) atoms. The molecule has 0 aliphatic heterocycles. The molecule has 0 radical (unpaired) electrons. The smallest absolute Gasteiger partial charge is 0.255 e. The third-order valence-corrected chi connectivity index (χ3v) is 5.56. The minimum absolute atomic E-state index is 0.261. The summed E-state index contributed by atoms with van der Waals surface area (Å²) in [7, 11) is 0. The summed E-state index contributed by atoms with van der Waals surface area (Å²) in [5.74, 6) is -0.261. The first-order chi connectivity index (χ1) is 13.0. The second-order valence-electron chi connectivity index (χ2n) is 6.18. The Morgan fingerprint density at radius 3 is 2.37 bits per heavy atom. The van der Waals surface area contributed by atoms with E-state index in [-0.39, 0.29) is 5.91 Å². The van der Waals surface area contributed by atoms with Crippen molar-refractivity contribution in [3.63, 3.8) is 0 Å². The number of nitrogens with one attached hydrogen (secondary N) is 1. The summed E-state index contributed by atoms with van der Waals surface area (Å²) >= 11 is 13.6. The molecule has 0 fully saturated rings. The fraction of sp³-hybridized carbons (Fsp3) is 0.0476. The van der Waals surface area contributed by atoms with E-state index in [1.54, 1.807) is 29.5 Å². The summed E-state index contributed by atoms with van der Waals surface area (Å²) in [5, 5.41) is 4.66. The highest BCUT2D eigenvalue weighted by atomic mass is 35.5. The summed E-state index contributed by atoms with van der Waals surface area (Å²) in [5.41, 5.74) is 4.33. The molecule has 0 bridgehead atoms. The van der Waals surface area contributed by atoms with E-state index in [2.05, 4.69) is 29.4 Å². The van der Waals surface area contributed by atoms with Crippen LogP contribution in [0.3, 0.4) is 0 Å². The van der Waals surface area contributed by atoms with Crippen LogP contribution in [0.1, 0.15) is 15.9 Å². The third kappa shape index (κ3) is 3.98. The van der Waals surface area contributed by atoms with E-state index >= 15 is 0 Å². The quantitative estimate of drug-likeness (QED) is 0.400. The molecule has 3 nitrogen and oxygen atoms in total. The molecule has 0 saturated carbocycles. The number of halogens is 2. The highest BCUT2D eigenvalue weighted by Gasteiger charge is 2.10. The van der Waals surface area contributed by atoms with E-state index in [4.69, 9.17) is 23.2 Å². The van der Waals surface area contributed by atoms with Gasteiger partial charge >= 0.3 is 0 Å². The zero-order valence-electron chi connectivity index (χ0n) is 14.3. The Bertz CT molecular complexity index is 1130. The van der Waals surface area contributed by atoms with Crippen LogP contribution in [0, 0.1) is 6.92 Å². The van der Waals surface area contributed by atoms with E-state index in [9.17, 15) is 4.79 Å². The summed E-state index contributed by atoms with van der Waals surface area (Å²) in [4.78, 5) is 17.1. The average molecular weight is 413 g/mol. The van der Waals surface area contributed by atoms with Crippen LogP contribution >= 0.6 is 34.5 Å². The van der Waals surface area contributed by atoms with Crippen molar-refractivity contribution >= 4 is 56.3 Å². The van der Waals surface area contributed by atoms with Crippen LogP contribution in [0.5, 0.6) is 0 Å². The number of aromatic nitrogens is 1. The van der Waals surface area contributed by atoms with Crippen molar-refractivity contribution < 1.29 is 4.79 Å². The van der Waals surface area contributed by atoms with Gasteiger partial charge in [-0.15, -0.1) is 11.3 Å². The molecule has 134 valence electrons. The number of anilines is 1. The molecule has 0 aliphatic carbocycles. The molecular formula is C21H14Cl2N2OS. The number of fused-ring (bicyclic) bond motifs is 1. The fourth-order valence-electron chi connectivity index (χ4n) is 2.74. The molecule has 0 saturated heterocycles. The van der Waals surface area contributed by atoms with Gasteiger partial charge in [-0.25, -0.2) is 4.98 Å². The van der Waals surface area contributed by atoms with Crippen LogP contribution in [0.2, 0.25) is 10.0 Å². The molecule has 0 spiro atoms. The van der Waals surface area contributed by atoms with E-state index in [1.165, 1.54) is 10.3 Å². The molecule has 1 aromatic heterocycles. The number of thiazole rings is 1. The lowest BCUT2D eigenvalue weighted by Gasteiger charge is -2.07. The van der Waals surface area contributed by atoms with Crippen LogP contribution in [-0.2, 0) is 0 Å². The third-order valence-electron chi connectivity index (χ3n) is 4.06. The van der Waals surface area contributed by atoms with E-state index < -0.39 is 0 Å². The van der Waals surface area contributed by atoms with Gasteiger partial charge in [0, 0.05) is 26.9 Å². The molecule has 3 aromatic carbocycles. The number of hydrogen-bond donors (Lipinski definition) is 1. The Morgan fingerprint density at radius 1 is 0.963 bits per heavy atom. The van der Waals surface area contributed by atoms with Gasteiger partial charge in [0.1, 0.15) is 5.01 Å². The van der Waals surface area contributed by atoms with Gasteiger partial charge in [0.25, 0.3) is 5.91 Å². The van der Waals surface area contributed by atoms with Crippen LogP contribution in [-0.4, -0.2) is 10.9 Å². The van der Waals surface area contributed by atoms with Gasteiger partial charge in [0.2, 0.25) is 0 Å². The van der Waals surface area contributed by atoms with Crippen LogP contribution in [0.4, 0.5) is 5.69 Å². The van der Waals surface area contributed by atoms with E-state index in [0.717, 1.165) is 16.1 Å². The number of benzene rings is 3. The van der Waals surface area contributed by atoms with Crippen molar-refractivity contribution in [2.24, 2.45) is 0 Å². The number of carbonyl (C=O) groups is 1. The van der Waals surface area contributed by atoms with Gasteiger partial charge in [-0.05, 0) is 67.1 Å². The predicted molar refractivity (Wildman–Crippen MR) is 114 cm³/mol. The second-order valence-corrected chi connectivity index (χ2v) is 8.08. The van der Waals surface area contributed by atoms with Gasteiger partial charge in [-0.2, -0.15) is 0 Å². The Morgan fingerprint density at radius 2 is 1.67 bits per heavy atom. The maximum atomic E-state index is 12.4. The standard InChI is InChI=1S/C21H14Cl2N2OS/c1-12-2-7-18-19(8-12)27-21(25-18)13-3-5-17(6-4-13)24-20(26)14-9-15(22)11-16(23)10-14/h2-11H,1H3,(H,24,26). The average Bonchev–Trinajstić information content (AvgIpc) is 3.04. The number of nitrogens with zero attached hydrogens (tertiary/aromatic N) is 1. The molecule has 4 rings (SSSR count). The molecular weight excluding hydrogens is 399 g/mol. The van der Waals surface area contributed by atoms with Crippen molar-refractivity contribution in [3.8, 4) is 10.6 Å². The maximum absolute atomic E-state index is 12.4. The number of amides is 1. The Labute approximate surface area is 170 Å². The molecule has 1 heterocycles. The zero-order chi connectivity index (χ0) is 19.0. The summed E-state index contributed by atoms with van der Waals surface area (Å²) < 4.78 is 1.17. The van der Waals surface area contributed by atoms with Crippen LogP contribution in [0.25, 0.3) is 20.8 Å². The Balaban J connectivity index is 1.55. The van der Waals surface area contributed by atoms with Gasteiger partial charge in [-0.3, -0.25) is 4.79 Å². The molecule has 0 unspecified atom stereocenters. The highest BCUT2D eigenvalue weighted by Crippen LogP contribution is 2.31. The van der Waals surface area contributed by atoms with E-state index in [0.29, 0.717) is 21.3 Å². The van der Waals surface area contributed by atoms with Crippen molar-refractivity contribution in [2.75, 3.05) is 5.32 Å². The first-order valence-corrected chi connectivity index (χ1v) is 9.80.